The second kappa shape index (κ2) is 8.87. The van der Waals surface area contributed by atoms with E-state index in [1.807, 2.05) is 23.1 Å². The Hall–Kier alpha value is -2.61. The molecule has 0 aliphatic carbocycles. The number of nitrogens with zero attached hydrogens (tertiary/aromatic N) is 3. The summed E-state index contributed by atoms with van der Waals surface area (Å²) in [6.45, 7) is 9.27. The van der Waals surface area contributed by atoms with Crippen LogP contribution in [0.1, 0.15) is 31.4 Å². The Morgan fingerprint density at radius 1 is 1.21 bits per heavy atom. The number of fused-ring (bicyclic) bond motifs is 1. The topological polar surface area (TPSA) is 79.1 Å². The second-order valence-corrected chi connectivity index (χ2v) is 10.6. The van der Waals surface area contributed by atoms with Crippen molar-refractivity contribution in [3.05, 3.63) is 52.5 Å². The summed E-state index contributed by atoms with van der Waals surface area (Å²) in [4.78, 5) is 32.3. The van der Waals surface area contributed by atoms with Gasteiger partial charge in [-0.15, -0.1) is 0 Å². The summed E-state index contributed by atoms with van der Waals surface area (Å²) in [6.07, 6.45) is 0.197. The van der Waals surface area contributed by atoms with Gasteiger partial charge in [-0.3, -0.25) is 14.5 Å². The number of halogens is 1. The van der Waals surface area contributed by atoms with E-state index in [9.17, 15) is 9.59 Å². The summed E-state index contributed by atoms with van der Waals surface area (Å²) < 4.78 is 5.46. The molecule has 0 aromatic heterocycles. The minimum Gasteiger partial charge on any atom is -0.399 e. The van der Waals surface area contributed by atoms with Gasteiger partial charge >= 0.3 is 0 Å². The van der Waals surface area contributed by atoms with Crippen molar-refractivity contribution in [1.29, 1.82) is 0 Å². The molecule has 2 N–H and O–H groups in total. The summed E-state index contributed by atoms with van der Waals surface area (Å²) in [6, 6.07) is 11.3. The number of hydrogen-bond donors (Lipinski definition) is 1. The Kier molecular flexibility index (Phi) is 6.04. The van der Waals surface area contributed by atoms with Gasteiger partial charge in [0, 0.05) is 66.6 Å². The number of anilines is 3. The fraction of sp³-hybridized carbons (Fsp3) is 0.462. The number of ether oxygens (including phenoxy) is 1. The lowest BCUT2D eigenvalue weighted by Gasteiger charge is -2.27. The van der Waals surface area contributed by atoms with Gasteiger partial charge in [-0.25, -0.2) is 0 Å². The average Bonchev–Trinajstić information content (AvgIpc) is 3.31. The van der Waals surface area contributed by atoms with Crippen LogP contribution in [0.3, 0.4) is 0 Å². The molecule has 2 saturated heterocycles. The average molecular weight is 483 g/mol. The standard InChI is InChI=1S/C26H31ClN4O3/c1-26(2)16-31(23-13-22(27)17(10-21(23)26)14-29-6-8-34-9-7-29)25(33)18-11-24(32)30(15-18)20-5-3-4-19(28)12-20/h3-5,10,12-13,18H,6-9,11,14-16,28H2,1-2H3. The van der Waals surface area contributed by atoms with Crippen molar-refractivity contribution < 1.29 is 14.3 Å². The summed E-state index contributed by atoms with van der Waals surface area (Å²) >= 11 is 6.72. The van der Waals surface area contributed by atoms with Gasteiger partial charge in [-0.05, 0) is 35.4 Å². The van der Waals surface area contributed by atoms with E-state index >= 15 is 0 Å². The molecule has 8 heteroatoms. The lowest BCUT2D eigenvalue weighted by atomic mass is 9.86. The summed E-state index contributed by atoms with van der Waals surface area (Å²) in [5.74, 6) is -0.479. The van der Waals surface area contributed by atoms with Crippen LogP contribution in [-0.4, -0.2) is 56.1 Å². The van der Waals surface area contributed by atoms with Gasteiger partial charge in [0.25, 0.3) is 0 Å². The lowest BCUT2D eigenvalue weighted by molar-refractivity contribution is -0.124. The largest absolute Gasteiger partial charge is 0.399 e. The minimum absolute atomic E-state index is 0.0245. The van der Waals surface area contributed by atoms with Crippen LogP contribution in [0.25, 0.3) is 0 Å². The molecular formula is C26H31ClN4O3. The van der Waals surface area contributed by atoms with E-state index in [1.54, 1.807) is 17.0 Å². The number of morpholine rings is 1. The number of nitrogens with two attached hydrogens (primary N) is 1. The number of rotatable bonds is 4. The lowest BCUT2D eigenvalue weighted by Crippen LogP contribution is -2.39. The van der Waals surface area contributed by atoms with Gasteiger partial charge in [-0.2, -0.15) is 0 Å². The second-order valence-electron chi connectivity index (χ2n) is 10.2. The zero-order valence-electron chi connectivity index (χ0n) is 19.7. The van der Waals surface area contributed by atoms with Crippen LogP contribution in [0.4, 0.5) is 17.1 Å². The molecule has 34 heavy (non-hydrogen) atoms. The molecule has 3 aliphatic rings. The molecule has 0 saturated carbocycles. The van der Waals surface area contributed by atoms with Gasteiger partial charge in [0.2, 0.25) is 11.8 Å². The number of amides is 2. The van der Waals surface area contributed by atoms with Crippen molar-refractivity contribution in [3.63, 3.8) is 0 Å². The van der Waals surface area contributed by atoms with Gasteiger partial charge in [-0.1, -0.05) is 37.6 Å². The maximum atomic E-state index is 13.7. The van der Waals surface area contributed by atoms with Crippen molar-refractivity contribution in [1.82, 2.24) is 4.90 Å². The molecular weight excluding hydrogens is 452 g/mol. The van der Waals surface area contributed by atoms with E-state index in [1.165, 1.54) is 0 Å². The van der Waals surface area contributed by atoms with E-state index in [-0.39, 0.29) is 23.7 Å². The third-order valence-electron chi connectivity index (χ3n) is 7.16. The van der Waals surface area contributed by atoms with E-state index in [2.05, 4.69) is 24.8 Å². The van der Waals surface area contributed by atoms with Crippen LogP contribution in [0.2, 0.25) is 5.02 Å². The summed E-state index contributed by atoms with van der Waals surface area (Å²) in [5, 5.41) is 0.671. The third-order valence-corrected chi connectivity index (χ3v) is 7.51. The minimum atomic E-state index is -0.400. The van der Waals surface area contributed by atoms with Crippen LogP contribution >= 0.6 is 11.6 Å². The molecule has 5 rings (SSSR count). The van der Waals surface area contributed by atoms with Crippen LogP contribution in [0.15, 0.2) is 36.4 Å². The molecule has 7 nitrogen and oxygen atoms in total. The van der Waals surface area contributed by atoms with Crippen molar-refractivity contribution in [2.75, 3.05) is 54.9 Å². The molecule has 0 spiro atoms. The molecule has 2 aromatic carbocycles. The molecule has 2 aromatic rings. The highest BCUT2D eigenvalue weighted by atomic mass is 35.5. The first-order chi connectivity index (χ1) is 16.2. The highest BCUT2D eigenvalue weighted by Gasteiger charge is 2.44. The number of nitrogen functional groups attached to an aromatic ring is 1. The predicted octanol–water partition coefficient (Wildman–Crippen LogP) is 3.43. The first kappa shape index (κ1) is 23.1. The number of carbonyl (C=O) groups excluding carboxylic acids is 2. The SMILES string of the molecule is CC1(C)CN(C(=O)C2CC(=O)N(c3cccc(N)c3)C2)c2cc(Cl)c(CN3CCOCC3)cc21. The maximum absolute atomic E-state index is 13.7. The van der Waals surface area contributed by atoms with E-state index in [0.29, 0.717) is 23.8 Å². The molecule has 0 bridgehead atoms. The molecule has 2 amide bonds. The predicted molar refractivity (Wildman–Crippen MR) is 134 cm³/mol. The Balaban J connectivity index is 1.38. The zero-order chi connectivity index (χ0) is 24.0. The molecule has 0 radical (unpaired) electrons. The first-order valence-electron chi connectivity index (χ1n) is 11.8. The quantitative estimate of drug-likeness (QED) is 0.675. The Labute approximate surface area is 205 Å². The highest BCUT2D eigenvalue weighted by molar-refractivity contribution is 6.31. The Bertz CT molecular complexity index is 1130. The normalized spacial score (nSPS) is 22.3. The number of carbonyl (C=O) groups is 2. The fourth-order valence-corrected chi connectivity index (χ4v) is 5.51. The molecule has 1 unspecified atom stereocenters. The molecule has 2 fully saturated rings. The van der Waals surface area contributed by atoms with Gasteiger partial charge < -0.3 is 20.3 Å². The van der Waals surface area contributed by atoms with E-state index in [4.69, 9.17) is 22.1 Å². The fourth-order valence-electron chi connectivity index (χ4n) is 5.29. The van der Waals surface area contributed by atoms with Gasteiger partial charge in [0.15, 0.2) is 0 Å². The molecule has 180 valence electrons. The smallest absolute Gasteiger partial charge is 0.232 e. The summed E-state index contributed by atoms with van der Waals surface area (Å²) in [5.41, 5.74) is 10.1. The number of benzene rings is 2. The van der Waals surface area contributed by atoms with Crippen molar-refractivity contribution in [2.24, 2.45) is 5.92 Å². The van der Waals surface area contributed by atoms with E-state index < -0.39 is 5.92 Å². The molecule has 3 aliphatic heterocycles. The highest BCUT2D eigenvalue weighted by Crippen LogP contribution is 2.44. The van der Waals surface area contributed by atoms with Crippen LogP contribution in [0.5, 0.6) is 0 Å². The monoisotopic (exact) mass is 482 g/mol. The van der Waals surface area contributed by atoms with Crippen LogP contribution in [0, 0.1) is 5.92 Å². The van der Waals surface area contributed by atoms with E-state index in [0.717, 1.165) is 55.3 Å². The molecule has 1 atom stereocenters. The Morgan fingerprint density at radius 3 is 2.71 bits per heavy atom. The zero-order valence-corrected chi connectivity index (χ0v) is 20.5. The van der Waals surface area contributed by atoms with Crippen LogP contribution in [-0.2, 0) is 26.3 Å². The maximum Gasteiger partial charge on any atom is 0.232 e. The van der Waals surface area contributed by atoms with Crippen molar-refractivity contribution in [2.45, 2.75) is 32.2 Å². The summed E-state index contributed by atoms with van der Waals surface area (Å²) in [7, 11) is 0. The van der Waals surface area contributed by atoms with Crippen molar-refractivity contribution >= 4 is 40.5 Å². The third kappa shape index (κ3) is 4.28. The Morgan fingerprint density at radius 2 is 1.97 bits per heavy atom. The number of hydrogen-bond acceptors (Lipinski definition) is 5. The van der Waals surface area contributed by atoms with Crippen LogP contribution < -0.4 is 15.5 Å². The van der Waals surface area contributed by atoms with Gasteiger partial charge in [0.1, 0.15) is 0 Å². The first-order valence-corrected chi connectivity index (χ1v) is 12.2. The van der Waals surface area contributed by atoms with Gasteiger partial charge in [0.05, 0.1) is 19.1 Å². The molecule has 3 heterocycles. The van der Waals surface area contributed by atoms with Crippen molar-refractivity contribution in [3.8, 4) is 0 Å².